The Bertz CT molecular complexity index is 1110. The lowest BCUT2D eigenvalue weighted by atomic mass is 9.97. The minimum atomic E-state index is -0.333. The highest BCUT2D eigenvalue weighted by Gasteiger charge is 2.26. The van der Waals surface area contributed by atoms with E-state index in [0.29, 0.717) is 24.7 Å². The average Bonchev–Trinajstić information content (AvgIpc) is 3.30. The number of benzene rings is 2. The van der Waals surface area contributed by atoms with E-state index in [2.05, 4.69) is 15.1 Å². The van der Waals surface area contributed by atoms with Crippen LogP contribution in [0, 0.1) is 6.92 Å². The van der Waals surface area contributed by atoms with Crippen LogP contribution < -0.4 is 4.74 Å². The minimum absolute atomic E-state index is 0.286. The van der Waals surface area contributed by atoms with E-state index in [1.54, 1.807) is 4.68 Å². The third-order valence-electron chi connectivity index (χ3n) is 5.16. The number of hydrogen-bond acceptors (Lipinski definition) is 4. The number of H-pyrrole nitrogens is 1. The number of nitrogens with one attached hydrogen (secondary N) is 1. The Labute approximate surface area is 169 Å². The lowest BCUT2D eigenvalue weighted by Crippen LogP contribution is -2.20. The van der Waals surface area contributed by atoms with Crippen molar-refractivity contribution in [2.75, 3.05) is 0 Å². The van der Waals surface area contributed by atoms with Gasteiger partial charge in [0.2, 0.25) is 11.8 Å². The van der Waals surface area contributed by atoms with E-state index in [1.807, 2.05) is 75.4 Å². The largest absolute Gasteiger partial charge is 0.406 e. The van der Waals surface area contributed by atoms with Gasteiger partial charge in [-0.05, 0) is 37.5 Å². The standard InChI is InChI=1S/C23H24N4O2/c1-4-17-15(3)26-27(23-24-19-13-9-10-14-20(19)25-23)21(17)29-22(28)18(5-2)16-11-7-6-8-12-16/h6-14,18H,4-5H2,1-3H3,(H,24,25). The second kappa shape index (κ2) is 7.91. The van der Waals surface area contributed by atoms with Crippen molar-refractivity contribution >= 4 is 17.0 Å². The van der Waals surface area contributed by atoms with Gasteiger partial charge in [0.25, 0.3) is 0 Å². The van der Waals surface area contributed by atoms with Crippen LogP contribution in [0.2, 0.25) is 0 Å². The number of aryl methyl sites for hydroxylation is 1. The molecule has 2 aromatic heterocycles. The number of para-hydroxylation sites is 2. The van der Waals surface area contributed by atoms with Crippen molar-refractivity contribution < 1.29 is 9.53 Å². The lowest BCUT2D eigenvalue weighted by molar-refractivity contribution is -0.136. The summed E-state index contributed by atoms with van der Waals surface area (Å²) in [4.78, 5) is 21.0. The molecule has 0 saturated carbocycles. The summed E-state index contributed by atoms with van der Waals surface area (Å²) in [6, 6.07) is 17.5. The molecule has 4 rings (SSSR count). The summed E-state index contributed by atoms with van der Waals surface area (Å²) in [6.07, 6.45) is 1.36. The molecule has 2 heterocycles. The van der Waals surface area contributed by atoms with Gasteiger partial charge in [-0.3, -0.25) is 4.79 Å². The molecule has 2 aromatic carbocycles. The van der Waals surface area contributed by atoms with Crippen LogP contribution in [0.15, 0.2) is 54.6 Å². The summed E-state index contributed by atoms with van der Waals surface area (Å²) in [5.41, 5.74) is 4.42. The highest BCUT2D eigenvalue weighted by Crippen LogP contribution is 2.29. The van der Waals surface area contributed by atoms with Gasteiger partial charge in [0.05, 0.1) is 22.6 Å². The molecule has 4 aromatic rings. The van der Waals surface area contributed by atoms with Gasteiger partial charge in [-0.1, -0.05) is 56.3 Å². The molecule has 0 bridgehead atoms. The van der Waals surface area contributed by atoms with Gasteiger partial charge < -0.3 is 9.72 Å². The number of imidazole rings is 1. The summed E-state index contributed by atoms with van der Waals surface area (Å²) >= 11 is 0. The van der Waals surface area contributed by atoms with Crippen LogP contribution in [0.25, 0.3) is 17.0 Å². The number of ether oxygens (including phenoxy) is 1. The fourth-order valence-corrected chi connectivity index (χ4v) is 3.62. The van der Waals surface area contributed by atoms with Gasteiger partial charge in [0.15, 0.2) is 0 Å². The Kier molecular flexibility index (Phi) is 5.16. The minimum Gasteiger partial charge on any atom is -0.406 e. The van der Waals surface area contributed by atoms with Crippen LogP contribution >= 0.6 is 0 Å². The Balaban J connectivity index is 1.74. The zero-order chi connectivity index (χ0) is 20.4. The van der Waals surface area contributed by atoms with E-state index in [0.717, 1.165) is 27.9 Å². The quantitative estimate of drug-likeness (QED) is 0.485. The van der Waals surface area contributed by atoms with Crippen LogP contribution in [0.4, 0.5) is 0 Å². The molecular weight excluding hydrogens is 364 g/mol. The van der Waals surface area contributed by atoms with Crippen LogP contribution in [0.3, 0.4) is 0 Å². The van der Waals surface area contributed by atoms with Crippen molar-refractivity contribution in [2.45, 2.75) is 39.5 Å². The monoisotopic (exact) mass is 388 g/mol. The van der Waals surface area contributed by atoms with Gasteiger partial charge in [-0.15, -0.1) is 0 Å². The maximum absolute atomic E-state index is 13.1. The first kappa shape index (κ1) is 18.9. The third kappa shape index (κ3) is 3.53. The number of fused-ring (bicyclic) bond motifs is 1. The lowest BCUT2D eigenvalue weighted by Gasteiger charge is -2.15. The molecule has 1 atom stereocenters. The van der Waals surface area contributed by atoms with E-state index >= 15 is 0 Å². The molecule has 0 aliphatic carbocycles. The molecule has 29 heavy (non-hydrogen) atoms. The molecule has 6 nitrogen and oxygen atoms in total. The third-order valence-corrected chi connectivity index (χ3v) is 5.16. The van der Waals surface area contributed by atoms with Gasteiger partial charge in [-0.2, -0.15) is 9.78 Å². The average molecular weight is 388 g/mol. The van der Waals surface area contributed by atoms with Crippen LogP contribution in [0.5, 0.6) is 5.88 Å². The van der Waals surface area contributed by atoms with Crippen LogP contribution in [-0.4, -0.2) is 25.7 Å². The zero-order valence-corrected chi connectivity index (χ0v) is 16.8. The van der Waals surface area contributed by atoms with E-state index < -0.39 is 0 Å². The number of hydrogen-bond donors (Lipinski definition) is 1. The van der Waals surface area contributed by atoms with Crippen molar-refractivity contribution in [1.82, 2.24) is 19.7 Å². The molecule has 6 heteroatoms. The number of nitrogens with zero attached hydrogens (tertiary/aromatic N) is 3. The summed E-state index contributed by atoms with van der Waals surface area (Å²) in [6.45, 7) is 5.93. The molecular formula is C23H24N4O2. The summed E-state index contributed by atoms with van der Waals surface area (Å²) in [7, 11) is 0. The highest BCUT2D eigenvalue weighted by atomic mass is 16.5. The van der Waals surface area contributed by atoms with Crippen molar-refractivity contribution in [1.29, 1.82) is 0 Å². The number of esters is 1. The molecule has 0 aliphatic rings. The topological polar surface area (TPSA) is 72.8 Å². The molecule has 0 radical (unpaired) electrons. The number of aromatic amines is 1. The molecule has 1 unspecified atom stereocenters. The maximum atomic E-state index is 13.1. The summed E-state index contributed by atoms with van der Waals surface area (Å²) in [5.74, 6) is 0.346. The molecule has 0 spiro atoms. The number of aromatic nitrogens is 4. The van der Waals surface area contributed by atoms with Gasteiger partial charge in [-0.25, -0.2) is 4.98 Å². The van der Waals surface area contributed by atoms with E-state index in [9.17, 15) is 4.79 Å². The molecule has 0 amide bonds. The molecule has 148 valence electrons. The second-order valence-electron chi connectivity index (χ2n) is 7.00. The van der Waals surface area contributed by atoms with Crippen molar-refractivity contribution in [3.63, 3.8) is 0 Å². The number of carbonyl (C=O) groups excluding carboxylic acids is 1. The fourth-order valence-electron chi connectivity index (χ4n) is 3.62. The predicted molar refractivity (Wildman–Crippen MR) is 112 cm³/mol. The first-order valence-electron chi connectivity index (χ1n) is 9.92. The Hall–Kier alpha value is -3.41. The number of rotatable bonds is 6. The Morgan fingerprint density at radius 1 is 1.10 bits per heavy atom. The Morgan fingerprint density at radius 3 is 2.52 bits per heavy atom. The normalized spacial score (nSPS) is 12.2. The van der Waals surface area contributed by atoms with Gasteiger partial charge in [0, 0.05) is 5.56 Å². The van der Waals surface area contributed by atoms with E-state index in [-0.39, 0.29) is 11.9 Å². The molecule has 1 N–H and O–H groups in total. The Morgan fingerprint density at radius 2 is 1.83 bits per heavy atom. The second-order valence-corrected chi connectivity index (χ2v) is 7.00. The highest BCUT2D eigenvalue weighted by molar-refractivity contribution is 5.80. The zero-order valence-electron chi connectivity index (χ0n) is 16.8. The molecule has 0 saturated heterocycles. The first-order chi connectivity index (χ1) is 14.1. The van der Waals surface area contributed by atoms with Crippen LogP contribution in [-0.2, 0) is 11.2 Å². The predicted octanol–water partition coefficient (Wildman–Crippen LogP) is 4.72. The van der Waals surface area contributed by atoms with E-state index in [1.165, 1.54) is 0 Å². The van der Waals surface area contributed by atoms with Crippen LogP contribution in [0.1, 0.15) is 43.0 Å². The molecule has 0 fully saturated rings. The maximum Gasteiger partial charge on any atom is 0.320 e. The first-order valence-corrected chi connectivity index (χ1v) is 9.92. The van der Waals surface area contributed by atoms with Crippen molar-refractivity contribution in [2.24, 2.45) is 0 Å². The SMILES string of the molecule is CCc1c(C)nn(-c2nc3ccccc3[nH]2)c1OC(=O)C(CC)c1ccccc1. The van der Waals surface area contributed by atoms with Crippen molar-refractivity contribution in [3.8, 4) is 11.8 Å². The molecule has 0 aliphatic heterocycles. The van der Waals surface area contributed by atoms with Gasteiger partial charge >= 0.3 is 5.97 Å². The summed E-state index contributed by atoms with van der Waals surface area (Å²) in [5, 5.41) is 4.60. The van der Waals surface area contributed by atoms with Crippen molar-refractivity contribution in [3.05, 3.63) is 71.4 Å². The summed E-state index contributed by atoms with van der Waals surface area (Å²) < 4.78 is 7.55. The smallest absolute Gasteiger partial charge is 0.320 e. The van der Waals surface area contributed by atoms with Gasteiger partial charge in [0.1, 0.15) is 0 Å². The van der Waals surface area contributed by atoms with E-state index in [4.69, 9.17) is 4.74 Å². The number of carbonyl (C=O) groups is 1. The fraction of sp³-hybridized carbons (Fsp3) is 0.261.